The Bertz CT molecular complexity index is 528. The molecule has 1 atom stereocenters. The van der Waals surface area contributed by atoms with Crippen LogP contribution in [0.15, 0.2) is 23.1 Å². The van der Waals surface area contributed by atoms with Gasteiger partial charge in [-0.2, -0.15) is 0 Å². The monoisotopic (exact) mass is 306 g/mol. The van der Waals surface area contributed by atoms with E-state index in [4.69, 9.17) is 4.74 Å². The summed E-state index contributed by atoms with van der Waals surface area (Å²) < 4.78 is 32.4. The standard InChI is InChI=1S/C12H18N2O3S.ClH/c1-9-3-4-11(17-2)12(7-9)18(15,16)14-10-5-6-13-8-10;/h3-4,7,10,13-14H,5-6,8H2,1-2H3;1H. The van der Waals surface area contributed by atoms with Crippen LogP contribution in [0.4, 0.5) is 0 Å². The quantitative estimate of drug-likeness (QED) is 0.873. The molecule has 0 amide bonds. The molecule has 2 N–H and O–H groups in total. The number of benzene rings is 1. The molecule has 1 fully saturated rings. The van der Waals surface area contributed by atoms with Gasteiger partial charge in [0.25, 0.3) is 0 Å². The average Bonchev–Trinajstić information content (AvgIpc) is 2.81. The molecule has 1 aliphatic heterocycles. The second kappa shape index (κ2) is 6.56. The molecule has 0 aliphatic carbocycles. The maximum absolute atomic E-state index is 12.3. The van der Waals surface area contributed by atoms with Gasteiger partial charge in [-0.05, 0) is 37.6 Å². The molecule has 5 nitrogen and oxygen atoms in total. The SMILES string of the molecule is COc1ccc(C)cc1S(=O)(=O)NC1CCNC1.Cl. The third kappa shape index (κ3) is 3.82. The van der Waals surface area contributed by atoms with Crippen LogP contribution in [0.5, 0.6) is 5.75 Å². The number of nitrogens with one attached hydrogen (secondary N) is 2. The number of rotatable bonds is 4. The second-order valence-corrected chi connectivity index (χ2v) is 6.15. The van der Waals surface area contributed by atoms with Crippen molar-refractivity contribution >= 4 is 22.4 Å². The van der Waals surface area contributed by atoms with E-state index < -0.39 is 10.0 Å². The van der Waals surface area contributed by atoms with Gasteiger partial charge in [-0.15, -0.1) is 12.4 Å². The second-order valence-electron chi connectivity index (χ2n) is 4.47. The Balaban J connectivity index is 0.00000180. The third-order valence-corrected chi connectivity index (χ3v) is 4.53. The van der Waals surface area contributed by atoms with Gasteiger partial charge >= 0.3 is 0 Å². The van der Waals surface area contributed by atoms with E-state index in [2.05, 4.69) is 10.0 Å². The van der Waals surface area contributed by atoms with Gasteiger partial charge in [-0.25, -0.2) is 13.1 Å². The fraction of sp³-hybridized carbons (Fsp3) is 0.500. The first kappa shape index (κ1) is 16.2. The molecule has 2 rings (SSSR count). The summed E-state index contributed by atoms with van der Waals surface area (Å²) in [6.07, 6.45) is 0.813. The smallest absolute Gasteiger partial charge is 0.244 e. The lowest BCUT2D eigenvalue weighted by atomic mass is 10.2. The highest BCUT2D eigenvalue weighted by Gasteiger charge is 2.25. The first-order valence-electron chi connectivity index (χ1n) is 5.90. The molecule has 1 saturated heterocycles. The molecule has 0 aromatic heterocycles. The lowest BCUT2D eigenvalue weighted by Gasteiger charge is -2.14. The molecule has 0 radical (unpaired) electrons. The zero-order chi connectivity index (χ0) is 13.2. The molecule has 108 valence electrons. The molecule has 0 saturated carbocycles. The highest BCUT2D eigenvalue weighted by molar-refractivity contribution is 7.89. The van der Waals surface area contributed by atoms with Crippen LogP contribution in [0.2, 0.25) is 0 Å². The minimum atomic E-state index is -3.52. The summed E-state index contributed by atoms with van der Waals surface area (Å²) in [5.74, 6) is 0.374. The van der Waals surface area contributed by atoms with Gasteiger partial charge in [0.2, 0.25) is 10.0 Å². The van der Waals surface area contributed by atoms with Gasteiger partial charge in [0.05, 0.1) is 7.11 Å². The maximum Gasteiger partial charge on any atom is 0.244 e. The van der Waals surface area contributed by atoms with E-state index in [9.17, 15) is 8.42 Å². The average molecular weight is 307 g/mol. The summed E-state index contributed by atoms with van der Waals surface area (Å²) in [6, 6.07) is 5.09. The third-order valence-electron chi connectivity index (χ3n) is 2.99. The molecule has 1 heterocycles. The molecular formula is C12H19ClN2O3S. The number of hydrogen-bond donors (Lipinski definition) is 2. The van der Waals surface area contributed by atoms with Crippen LogP contribution in [0.1, 0.15) is 12.0 Å². The molecule has 0 spiro atoms. The van der Waals surface area contributed by atoms with Crippen LogP contribution in [0, 0.1) is 6.92 Å². The highest BCUT2D eigenvalue weighted by Crippen LogP contribution is 2.25. The Kier molecular flexibility index (Phi) is 5.61. The first-order valence-corrected chi connectivity index (χ1v) is 7.39. The summed E-state index contributed by atoms with van der Waals surface area (Å²) in [7, 11) is -2.05. The van der Waals surface area contributed by atoms with Crippen molar-refractivity contribution in [3.8, 4) is 5.75 Å². The zero-order valence-electron chi connectivity index (χ0n) is 11.0. The zero-order valence-corrected chi connectivity index (χ0v) is 12.6. The van der Waals surface area contributed by atoms with Crippen molar-refractivity contribution in [2.45, 2.75) is 24.3 Å². The highest BCUT2D eigenvalue weighted by atomic mass is 35.5. The fourth-order valence-electron chi connectivity index (χ4n) is 2.03. The van der Waals surface area contributed by atoms with Crippen LogP contribution < -0.4 is 14.8 Å². The van der Waals surface area contributed by atoms with E-state index in [-0.39, 0.29) is 23.3 Å². The minimum Gasteiger partial charge on any atom is -0.495 e. The Labute approximate surface area is 120 Å². The molecule has 19 heavy (non-hydrogen) atoms. The van der Waals surface area contributed by atoms with Crippen LogP contribution in [0.3, 0.4) is 0 Å². The fourth-order valence-corrected chi connectivity index (χ4v) is 3.56. The normalized spacial score (nSPS) is 18.9. The summed E-state index contributed by atoms with van der Waals surface area (Å²) in [5.41, 5.74) is 0.890. The van der Waals surface area contributed by atoms with E-state index in [1.54, 1.807) is 12.1 Å². The van der Waals surface area contributed by atoms with Crippen LogP contribution in [-0.4, -0.2) is 34.7 Å². The van der Waals surface area contributed by atoms with Crippen molar-refractivity contribution in [3.05, 3.63) is 23.8 Å². The predicted octanol–water partition coefficient (Wildman–Crippen LogP) is 1.07. The van der Waals surface area contributed by atoms with Crippen molar-refractivity contribution in [1.82, 2.24) is 10.0 Å². The minimum absolute atomic E-state index is 0. The van der Waals surface area contributed by atoms with Gasteiger partial charge in [0.1, 0.15) is 10.6 Å². The summed E-state index contributed by atoms with van der Waals surface area (Å²) in [4.78, 5) is 0.205. The number of ether oxygens (including phenoxy) is 1. The van der Waals surface area contributed by atoms with Crippen molar-refractivity contribution in [3.63, 3.8) is 0 Å². The van der Waals surface area contributed by atoms with Crippen LogP contribution in [-0.2, 0) is 10.0 Å². The van der Waals surface area contributed by atoms with E-state index in [0.29, 0.717) is 12.3 Å². The topological polar surface area (TPSA) is 67.4 Å². The number of methoxy groups -OCH3 is 1. The van der Waals surface area contributed by atoms with Crippen LogP contribution >= 0.6 is 12.4 Å². The van der Waals surface area contributed by atoms with Gasteiger partial charge in [0.15, 0.2) is 0 Å². The molecule has 1 unspecified atom stereocenters. The maximum atomic E-state index is 12.3. The lowest BCUT2D eigenvalue weighted by Crippen LogP contribution is -2.36. The Hall–Kier alpha value is -0.820. The summed E-state index contributed by atoms with van der Waals surface area (Å²) in [5, 5.41) is 3.13. The van der Waals surface area contributed by atoms with E-state index in [1.165, 1.54) is 7.11 Å². The molecular weight excluding hydrogens is 288 g/mol. The van der Waals surface area contributed by atoms with Gasteiger partial charge in [0, 0.05) is 12.6 Å². The Morgan fingerprint density at radius 3 is 2.74 bits per heavy atom. The predicted molar refractivity (Wildman–Crippen MR) is 76.6 cm³/mol. The van der Waals surface area contributed by atoms with Crippen molar-refractivity contribution < 1.29 is 13.2 Å². The largest absolute Gasteiger partial charge is 0.495 e. The summed E-state index contributed by atoms with van der Waals surface area (Å²) in [6.45, 7) is 3.38. The van der Waals surface area contributed by atoms with E-state index >= 15 is 0 Å². The van der Waals surface area contributed by atoms with Crippen LogP contribution in [0.25, 0.3) is 0 Å². The lowest BCUT2D eigenvalue weighted by molar-refractivity contribution is 0.402. The van der Waals surface area contributed by atoms with E-state index in [0.717, 1.165) is 18.5 Å². The number of halogens is 1. The van der Waals surface area contributed by atoms with Crippen molar-refractivity contribution in [2.75, 3.05) is 20.2 Å². The number of aryl methyl sites for hydroxylation is 1. The van der Waals surface area contributed by atoms with Crippen molar-refractivity contribution in [2.24, 2.45) is 0 Å². The number of sulfonamides is 1. The number of hydrogen-bond acceptors (Lipinski definition) is 4. The molecule has 1 aromatic carbocycles. The van der Waals surface area contributed by atoms with E-state index in [1.807, 2.05) is 13.0 Å². The van der Waals surface area contributed by atoms with Gasteiger partial charge in [-0.1, -0.05) is 6.07 Å². The molecule has 1 aromatic rings. The summed E-state index contributed by atoms with van der Waals surface area (Å²) >= 11 is 0. The Morgan fingerprint density at radius 1 is 1.42 bits per heavy atom. The molecule has 7 heteroatoms. The molecule has 0 bridgehead atoms. The van der Waals surface area contributed by atoms with Crippen molar-refractivity contribution in [1.29, 1.82) is 0 Å². The first-order chi connectivity index (χ1) is 8.53. The Morgan fingerprint density at radius 2 is 2.16 bits per heavy atom. The van der Waals surface area contributed by atoms with Gasteiger partial charge in [-0.3, -0.25) is 0 Å². The molecule has 1 aliphatic rings. The van der Waals surface area contributed by atoms with Gasteiger partial charge < -0.3 is 10.1 Å².